The van der Waals surface area contributed by atoms with Crippen molar-refractivity contribution in [1.82, 2.24) is 0 Å². The van der Waals surface area contributed by atoms with Crippen LogP contribution >= 0.6 is 54.5 Å². The zero-order valence-corrected chi connectivity index (χ0v) is 16.4. The molecule has 0 aliphatic rings. The summed E-state index contributed by atoms with van der Waals surface area (Å²) in [5.74, 6) is 1.21. The fraction of sp³-hybridized carbons (Fsp3) is 0.133. The molecule has 0 atom stereocenters. The highest BCUT2D eigenvalue weighted by molar-refractivity contribution is 14.1. The number of carbonyl (C=O) groups excluding carboxylic acids is 1. The van der Waals surface area contributed by atoms with E-state index in [0.717, 1.165) is 12.5 Å². The number of halogens is 3. The maximum Gasteiger partial charge on any atom is 0.200 e. The summed E-state index contributed by atoms with van der Waals surface area (Å²) in [7, 11) is 1.59. The van der Waals surface area contributed by atoms with Gasteiger partial charge in [0.1, 0.15) is 11.5 Å². The molecule has 0 fully saturated rings. The molecule has 0 aromatic heterocycles. The lowest BCUT2D eigenvalue weighted by Gasteiger charge is -2.11. The van der Waals surface area contributed by atoms with Gasteiger partial charge in [0.15, 0.2) is 12.4 Å². The summed E-state index contributed by atoms with van der Waals surface area (Å²) >= 11 is 8.99. The normalized spacial score (nSPS) is 10.3. The Morgan fingerprint density at radius 3 is 2.29 bits per heavy atom. The molecule has 0 radical (unpaired) electrons. The van der Waals surface area contributed by atoms with E-state index in [2.05, 4.69) is 54.5 Å². The Balaban J connectivity index is 2.07. The molecule has 0 saturated carbocycles. The molecule has 21 heavy (non-hydrogen) atoms. The maximum atomic E-state index is 12.1. The molecule has 0 aliphatic carbocycles. The van der Waals surface area contributed by atoms with Crippen molar-refractivity contribution in [3.63, 3.8) is 0 Å². The second-order valence-electron chi connectivity index (χ2n) is 4.14. The lowest BCUT2D eigenvalue weighted by molar-refractivity contribution is 0.0921. The number of hydrogen-bond acceptors (Lipinski definition) is 3. The van der Waals surface area contributed by atoms with Crippen LogP contribution in [0.2, 0.25) is 0 Å². The van der Waals surface area contributed by atoms with Crippen LogP contribution < -0.4 is 9.47 Å². The molecule has 0 amide bonds. The molecular formula is C15H11Br2IO3. The number of benzene rings is 2. The lowest BCUT2D eigenvalue weighted by atomic mass is 10.1. The van der Waals surface area contributed by atoms with Gasteiger partial charge in [-0.05, 0) is 78.7 Å². The summed E-state index contributed by atoms with van der Waals surface area (Å²) in [6.45, 7) is -0.0159. The molecule has 0 unspecified atom stereocenters. The predicted octanol–water partition coefficient (Wildman–Crippen LogP) is 5.09. The summed E-state index contributed by atoms with van der Waals surface area (Å²) in [5, 5.41) is 0. The lowest BCUT2D eigenvalue weighted by Crippen LogP contribution is -2.11. The van der Waals surface area contributed by atoms with Crippen LogP contribution in [-0.4, -0.2) is 19.5 Å². The Kier molecular flexibility index (Phi) is 6.07. The summed E-state index contributed by atoms with van der Waals surface area (Å²) in [6, 6.07) is 10.9. The van der Waals surface area contributed by atoms with Crippen LogP contribution in [0.15, 0.2) is 45.3 Å². The molecule has 110 valence electrons. The van der Waals surface area contributed by atoms with Crippen molar-refractivity contribution in [1.29, 1.82) is 0 Å². The average molecular weight is 526 g/mol. The van der Waals surface area contributed by atoms with Crippen LogP contribution in [0.3, 0.4) is 0 Å². The number of hydrogen-bond donors (Lipinski definition) is 0. The first-order chi connectivity index (χ1) is 10.0. The van der Waals surface area contributed by atoms with Crippen molar-refractivity contribution in [2.45, 2.75) is 0 Å². The van der Waals surface area contributed by atoms with Gasteiger partial charge in [-0.25, -0.2) is 0 Å². The number of methoxy groups -OCH3 is 1. The minimum absolute atomic E-state index is 0.0159. The first-order valence-corrected chi connectivity index (χ1v) is 8.62. The molecule has 6 heteroatoms. The van der Waals surface area contributed by atoms with Gasteiger partial charge in [0.25, 0.3) is 0 Å². The molecule has 0 aliphatic heterocycles. The van der Waals surface area contributed by atoms with Gasteiger partial charge in [-0.15, -0.1) is 0 Å². The van der Waals surface area contributed by atoms with Crippen molar-refractivity contribution >= 4 is 60.2 Å². The van der Waals surface area contributed by atoms with Gasteiger partial charge in [-0.3, -0.25) is 4.79 Å². The van der Waals surface area contributed by atoms with Crippen LogP contribution in [-0.2, 0) is 0 Å². The van der Waals surface area contributed by atoms with E-state index in [1.54, 1.807) is 31.4 Å². The van der Waals surface area contributed by atoms with Crippen LogP contribution in [0.25, 0.3) is 0 Å². The Morgan fingerprint density at radius 2 is 1.67 bits per heavy atom. The molecule has 0 N–H and O–H groups in total. The summed E-state index contributed by atoms with van der Waals surface area (Å²) in [4.78, 5) is 12.1. The van der Waals surface area contributed by atoms with Crippen molar-refractivity contribution in [3.8, 4) is 11.5 Å². The average Bonchev–Trinajstić information content (AvgIpc) is 2.48. The minimum Gasteiger partial charge on any atom is -0.496 e. The van der Waals surface area contributed by atoms with Crippen molar-refractivity contribution in [2.75, 3.05) is 13.7 Å². The monoisotopic (exact) mass is 524 g/mol. The van der Waals surface area contributed by atoms with Crippen molar-refractivity contribution in [3.05, 3.63) is 54.5 Å². The maximum absolute atomic E-state index is 12.1. The molecule has 2 aromatic carbocycles. The zero-order chi connectivity index (χ0) is 15.4. The smallest absolute Gasteiger partial charge is 0.200 e. The molecular weight excluding hydrogens is 515 g/mol. The van der Waals surface area contributed by atoms with E-state index in [9.17, 15) is 4.79 Å². The molecule has 0 bridgehead atoms. The summed E-state index contributed by atoms with van der Waals surface area (Å²) < 4.78 is 13.4. The van der Waals surface area contributed by atoms with Gasteiger partial charge in [-0.1, -0.05) is 12.1 Å². The topological polar surface area (TPSA) is 35.5 Å². The van der Waals surface area contributed by atoms with E-state index in [1.807, 2.05) is 12.1 Å². The van der Waals surface area contributed by atoms with E-state index < -0.39 is 0 Å². The highest BCUT2D eigenvalue weighted by Crippen LogP contribution is 2.36. The van der Waals surface area contributed by atoms with Gasteiger partial charge in [0.05, 0.1) is 16.1 Å². The molecule has 2 rings (SSSR count). The SMILES string of the molecule is COc1cc(Br)c(OCC(=O)c2ccc(I)cc2)cc1Br. The van der Waals surface area contributed by atoms with Crippen molar-refractivity contribution in [2.24, 2.45) is 0 Å². The Hall–Kier alpha value is -0.600. The highest BCUT2D eigenvalue weighted by atomic mass is 127. The second kappa shape index (κ2) is 7.60. The number of rotatable bonds is 5. The molecule has 0 heterocycles. The fourth-order valence-corrected chi connectivity index (χ4v) is 2.92. The van der Waals surface area contributed by atoms with E-state index in [-0.39, 0.29) is 12.4 Å². The third-order valence-corrected chi connectivity index (χ3v) is 4.69. The standard InChI is InChI=1S/C15H11Br2IO3/c1-20-14-6-12(17)15(7-11(14)16)21-8-13(19)9-2-4-10(18)5-3-9/h2-7H,8H2,1H3. The van der Waals surface area contributed by atoms with Gasteiger partial charge in [0, 0.05) is 9.13 Å². The van der Waals surface area contributed by atoms with Gasteiger partial charge >= 0.3 is 0 Å². The molecule has 3 nitrogen and oxygen atoms in total. The first-order valence-electron chi connectivity index (χ1n) is 5.96. The fourth-order valence-electron chi connectivity index (χ4n) is 1.64. The Labute approximate surface area is 153 Å². The van der Waals surface area contributed by atoms with E-state index in [0.29, 0.717) is 17.1 Å². The van der Waals surface area contributed by atoms with Crippen LogP contribution in [0, 0.1) is 3.57 Å². The third-order valence-electron chi connectivity index (χ3n) is 2.73. The largest absolute Gasteiger partial charge is 0.496 e. The van der Waals surface area contributed by atoms with E-state index in [4.69, 9.17) is 9.47 Å². The molecule has 0 saturated heterocycles. The highest BCUT2D eigenvalue weighted by Gasteiger charge is 2.11. The second-order valence-corrected chi connectivity index (χ2v) is 7.09. The Bertz CT molecular complexity index is 657. The van der Waals surface area contributed by atoms with Crippen LogP contribution in [0.4, 0.5) is 0 Å². The van der Waals surface area contributed by atoms with Crippen molar-refractivity contribution < 1.29 is 14.3 Å². The van der Waals surface area contributed by atoms with Gasteiger partial charge < -0.3 is 9.47 Å². The van der Waals surface area contributed by atoms with Crippen LogP contribution in [0.5, 0.6) is 11.5 Å². The molecule has 2 aromatic rings. The van der Waals surface area contributed by atoms with E-state index >= 15 is 0 Å². The van der Waals surface area contributed by atoms with Gasteiger partial charge in [-0.2, -0.15) is 0 Å². The number of carbonyl (C=O) groups is 1. The predicted molar refractivity (Wildman–Crippen MR) is 97.4 cm³/mol. The summed E-state index contributed by atoms with van der Waals surface area (Å²) in [5.41, 5.74) is 0.638. The number of ether oxygens (including phenoxy) is 2. The quantitative estimate of drug-likeness (QED) is 0.403. The zero-order valence-electron chi connectivity index (χ0n) is 11.0. The minimum atomic E-state index is -0.0646. The Morgan fingerprint density at radius 1 is 1.10 bits per heavy atom. The first kappa shape index (κ1) is 16.8. The van der Waals surface area contributed by atoms with Crippen LogP contribution in [0.1, 0.15) is 10.4 Å². The number of ketones is 1. The van der Waals surface area contributed by atoms with Gasteiger partial charge in [0.2, 0.25) is 0 Å². The third kappa shape index (κ3) is 4.43. The number of Topliss-reactive ketones (excluding diaryl/α,β-unsaturated/α-hetero) is 1. The molecule has 0 spiro atoms. The van der Waals surface area contributed by atoms with E-state index in [1.165, 1.54) is 0 Å². The summed E-state index contributed by atoms with van der Waals surface area (Å²) in [6.07, 6.45) is 0.